The molecule has 3 aromatic rings. The van der Waals surface area contributed by atoms with Crippen molar-refractivity contribution in [1.82, 2.24) is 0 Å². The molecule has 5 nitrogen and oxygen atoms in total. The first-order chi connectivity index (χ1) is 10.5. The maximum Gasteiger partial charge on any atom is 0.335 e. The molecule has 0 unspecified atom stereocenters. The molecule has 1 N–H and O–H groups in total. The molecule has 110 valence electrons. The molecule has 0 radical (unpaired) electrons. The predicted octanol–water partition coefficient (Wildman–Crippen LogP) is 3.24. The molecule has 0 atom stereocenters. The summed E-state index contributed by atoms with van der Waals surface area (Å²) in [7, 11) is 0. The van der Waals surface area contributed by atoms with Gasteiger partial charge in [0, 0.05) is 12.0 Å². The van der Waals surface area contributed by atoms with E-state index in [0.717, 1.165) is 0 Å². The number of carbonyl (C=O) groups is 2. The fourth-order valence-corrected chi connectivity index (χ4v) is 2.36. The molecule has 5 heteroatoms. The Balaban J connectivity index is 2.33. The number of fused-ring (bicyclic) bond motifs is 2. The number of carbonyl (C=O) groups excluding carboxylic acids is 1. The summed E-state index contributed by atoms with van der Waals surface area (Å²) < 4.78 is 5.65. The smallest absolute Gasteiger partial charge is 0.335 e. The number of carboxylic acids is 1. The van der Waals surface area contributed by atoms with Crippen molar-refractivity contribution < 1.29 is 19.1 Å². The van der Waals surface area contributed by atoms with Crippen LogP contribution in [0, 0.1) is 0 Å². The first-order valence-electron chi connectivity index (χ1n) is 6.78. The van der Waals surface area contributed by atoms with Gasteiger partial charge >= 0.3 is 5.97 Å². The summed E-state index contributed by atoms with van der Waals surface area (Å²) in [5.41, 5.74) is 0.815. The largest absolute Gasteiger partial charge is 0.478 e. The van der Waals surface area contributed by atoms with Crippen LogP contribution >= 0.6 is 0 Å². The average molecular weight is 296 g/mol. The van der Waals surface area contributed by atoms with Crippen molar-refractivity contribution in [2.24, 2.45) is 0 Å². The molecular weight excluding hydrogens is 284 g/mol. The van der Waals surface area contributed by atoms with Crippen molar-refractivity contribution in [2.75, 3.05) is 0 Å². The minimum Gasteiger partial charge on any atom is -0.478 e. The summed E-state index contributed by atoms with van der Waals surface area (Å²) in [6.45, 7) is 1.76. The number of benzene rings is 2. The third-order valence-electron chi connectivity index (χ3n) is 3.56. The Morgan fingerprint density at radius 2 is 1.73 bits per heavy atom. The molecule has 3 rings (SSSR count). The third-order valence-corrected chi connectivity index (χ3v) is 3.56. The van der Waals surface area contributed by atoms with Gasteiger partial charge in [-0.15, -0.1) is 0 Å². The number of ketones is 1. The summed E-state index contributed by atoms with van der Waals surface area (Å²) in [6.07, 6.45) is 0.366. The second-order valence-electron chi connectivity index (χ2n) is 4.93. The Morgan fingerprint density at radius 1 is 1.00 bits per heavy atom. The van der Waals surface area contributed by atoms with Crippen molar-refractivity contribution in [3.05, 3.63) is 57.7 Å². The number of Topliss-reactive ketones (excluding diaryl/α,β-unsaturated/α-hetero) is 1. The van der Waals surface area contributed by atoms with Crippen molar-refractivity contribution in [1.29, 1.82) is 0 Å². The fourth-order valence-electron chi connectivity index (χ4n) is 2.36. The van der Waals surface area contributed by atoms with Gasteiger partial charge in [0.25, 0.3) is 0 Å². The van der Waals surface area contributed by atoms with Crippen molar-refractivity contribution in [3.8, 4) is 0 Å². The molecular formula is C17H12O5. The number of aromatic carboxylic acids is 1. The standard InChI is InChI=1S/C17H12O5/c1-2-13(18)9-3-5-11-15(8-9)22-14-6-4-10(17(20)21)7-12(14)16(11)19/h3-8H,2H2,1H3,(H,20,21). The summed E-state index contributed by atoms with van der Waals surface area (Å²) in [4.78, 5) is 35.2. The lowest BCUT2D eigenvalue weighted by atomic mass is 10.0. The van der Waals surface area contributed by atoms with E-state index in [2.05, 4.69) is 0 Å². The molecule has 1 heterocycles. The number of hydrogen-bond acceptors (Lipinski definition) is 4. The van der Waals surface area contributed by atoms with E-state index in [0.29, 0.717) is 28.5 Å². The van der Waals surface area contributed by atoms with Gasteiger partial charge in [0.05, 0.1) is 16.3 Å². The molecule has 22 heavy (non-hydrogen) atoms. The highest BCUT2D eigenvalue weighted by molar-refractivity contribution is 6.00. The zero-order chi connectivity index (χ0) is 15.9. The molecule has 0 fully saturated rings. The van der Waals surface area contributed by atoms with Crippen LogP contribution in [0.1, 0.15) is 34.1 Å². The Morgan fingerprint density at radius 3 is 2.41 bits per heavy atom. The van der Waals surface area contributed by atoms with E-state index in [1.54, 1.807) is 19.1 Å². The van der Waals surface area contributed by atoms with Crippen LogP contribution in [0.5, 0.6) is 0 Å². The molecule has 0 saturated carbocycles. The summed E-state index contributed by atoms with van der Waals surface area (Å²) in [5.74, 6) is -1.14. The zero-order valence-corrected chi connectivity index (χ0v) is 11.8. The highest BCUT2D eigenvalue weighted by Gasteiger charge is 2.12. The van der Waals surface area contributed by atoms with E-state index in [1.165, 1.54) is 24.3 Å². The molecule has 0 aliphatic carbocycles. The highest BCUT2D eigenvalue weighted by atomic mass is 16.4. The van der Waals surface area contributed by atoms with Gasteiger partial charge < -0.3 is 9.52 Å². The minimum atomic E-state index is -1.11. The van der Waals surface area contributed by atoms with Gasteiger partial charge in [-0.25, -0.2) is 4.79 Å². The summed E-state index contributed by atoms with van der Waals surface area (Å²) >= 11 is 0. The quantitative estimate of drug-likeness (QED) is 0.592. The lowest BCUT2D eigenvalue weighted by Gasteiger charge is -2.04. The first-order valence-corrected chi connectivity index (χ1v) is 6.78. The zero-order valence-electron chi connectivity index (χ0n) is 11.8. The van der Waals surface area contributed by atoms with Crippen LogP contribution in [0.2, 0.25) is 0 Å². The molecule has 0 amide bonds. The SMILES string of the molecule is CCC(=O)c1ccc2c(=O)c3cc(C(=O)O)ccc3oc2c1. The van der Waals surface area contributed by atoms with E-state index in [9.17, 15) is 14.4 Å². The summed E-state index contributed by atoms with van der Waals surface area (Å²) in [6, 6.07) is 8.80. The molecule has 0 aliphatic heterocycles. The molecule has 0 saturated heterocycles. The fraction of sp³-hybridized carbons (Fsp3) is 0.118. The van der Waals surface area contributed by atoms with Gasteiger partial charge in [-0.2, -0.15) is 0 Å². The lowest BCUT2D eigenvalue weighted by Crippen LogP contribution is -2.05. The molecule has 0 aliphatic rings. The van der Waals surface area contributed by atoms with Crippen molar-refractivity contribution >= 4 is 33.7 Å². The van der Waals surface area contributed by atoms with E-state index in [4.69, 9.17) is 9.52 Å². The van der Waals surface area contributed by atoms with Gasteiger partial charge in [-0.3, -0.25) is 9.59 Å². The van der Waals surface area contributed by atoms with E-state index in [-0.39, 0.29) is 22.2 Å². The van der Waals surface area contributed by atoms with Crippen molar-refractivity contribution in [3.63, 3.8) is 0 Å². The average Bonchev–Trinajstić information content (AvgIpc) is 2.53. The van der Waals surface area contributed by atoms with Crippen LogP contribution < -0.4 is 5.43 Å². The van der Waals surface area contributed by atoms with Crippen LogP contribution in [0.15, 0.2) is 45.6 Å². The minimum absolute atomic E-state index is 0.0249. The summed E-state index contributed by atoms with van der Waals surface area (Å²) in [5, 5.41) is 9.54. The van der Waals surface area contributed by atoms with Crippen LogP contribution in [0.4, 0.5) is 0 Å². The number of rotatable bonds is 3. The van der Waals surface area contributed by atoms with E-state index in [1.807, 2.05) is 0 Å². The lowest BCUT2D eigenvalue weighted by molar-refractivity contribution is 0.0697. The topological polar surface area (TPSA) is 84.6 Å². The number of hydrogen-bond donors (Lipinski definition) is 1. The first kappa shape index (κ1) is 14.0. The normalized spacial score (nSPS) is 11.0. The monoisotopic (exact) mass is 296 g/mol. The number of carboxylic acid groups (broad SMARTS) is 1. The van der Waals surface area contributed by atoms with Crippen LogP contribution in [-0.2, 0) is 0 Å². The van der Waals surface area contributed by atoms with Crippen molar-refractivity contribution in [2.45, 2.75) is 13.3 Å². The Labute approximate surface area is 124 Å². The van der Waals surface area contributed by atoms with E-state index >= 15 is 0 Å². The highest BCUT2D eigenvalue weighted by Crippen LogP contribution is 2.21. The molecule has 1 aromatic heterocycles. The maximum absolute atomic E-state index is 12.5. The van der Waals surface area contributed by atoms with Gasteiger partial charge in [-0.05, 0) is 30.3 Å². The Bertz CT molecular complexity index is 981. The Hall–Kier alpha value is -2.95. The molecule has 0 bridgehead atoms. The maximum atomic E-state index is 12.5. The molecule has 2 aromatic carbocycles. The van der Waals surface area contributed by atoms with Gasteiger partial charge in [0.1, 0.15) is 11.2 Å². The third kappa shape index (κ3) is 2.16. The second-order valence-corrected chi connectivity index (χ2v) is 4.93. The predicted molar refractivity (Wildman–Crippen MR) is 81.6 cm³/mol. The second kappa shape index (κ2) is 5.11. The van der Waals surface area contributed by atoms with E-state index < -0.39 is 5.97 Å². The van der Waals surface area contributed by atoms with Gasteiger partial charge in [-0.1, -0.05) is 13.0 Å². The van der Waals surface area contributed by atoms with Crippen LogP contribution in [0.3, 0.4) is 0 Å². The van der Waals surface area contributed by atoms with Crippen LogP contribution in [0.25, 0.3) is 21.9 Å². The van der Waals surface area contributed by atoms with Crippen LogP contribution in [-0.4, -0.2) is 16.9 Å². The molecule has 0 spiro atoms. The van der Waals surface area contributed by atoms with Gasteiger partial charge in [0.15, 0.2) is 5.78 Å². The Kier molecular flexibility index (Phi) is 3.25. The van der Waals surface area contributed by atoms with Gasteiger partial charge in [0.2, 0.25) is 5.43 Å².